The summed E-state index contributed by atoms with van der Waals surface area (Å²) in [6.45, 7) is 1.94. The van der Waals surface area contributed by atoms with E-state index in [1.807, 2.05) is 36.4 Å². The molecule has 3 aromatic rings. The number of carboxylic acid groups (broad SMARTS) is 1. The molecule has 0 saturated heterocycles. The Morgan fingerprint density at radius 1 is 1.03 bits per heavy atom. The van der Waals surface area contributed by atoms with Gasteiger partial charge in [-0.15, -0.1) is 12.3 Å². The Hall–Kier alpha value is -4.57. The molecule has 0 saturated carbocycles. The van der Waals surface area contributed by atoms with Crippen LogP contribution < -0.4 is 10.6 Å². The molecule has 7 nitrogen and oxygen atoms in total. The molecular weight excluding hydrogens is 444 g/mol. The number of amides is 2. The van der Waals surface area contributed by atoms with Crippen molar-refractivity contribution in [3.8, 4) is 23.5 Å². The molecule has 0 aromatic heterocycles. The zero-order valence-corrected chi connectivity index (χ0v) is 19.1. The van der Waals surface area contributed by atoms with E-state index in [9.17, 15) is 19.5 Å². The van der Waals surface area contributed by atoms with E-state index in [1.165, 1.54) is 6.07 Å². The second kappa shape index (κ2) is 10.1. The normalized spacial score (nSPS) is 12.6. The van der Waals surface area contributed by atoms with Crippen molar-refractivity contribution in [1.29, 1.82) is 0 Å². The first-order chi connectivity index (χ1) is 16.9. The Kier molecular flexibility index (Phi) is 6.83. The van der Waals surface area contributed by atoms with Gasteiger partial charge in [0.2, 0.25) is 0 Å². The highest BCUT2D eigenvalue weighted by atomic mass is 16.5. The van der Waals surface area contributed by atoms with Gasteiger partial charge in [0.25, 0.3) is 5.91 Å². The largest absolute Gasteiger partial charge is 0.480 e. The van der Waals surface area contributed by atoms with Crippen molar-refractivity contribution in [3.63, 3.8) is 0 Å². The number of aliphatic carboxylic acids is 1. The molecule has 1 atom stereocenters. The predicted molar refractivity (Wildman–Crippen MR) is 132 cm³/mol. The van der Waals surface area contributed by atoms with E-state index in [4.69, 9.17) is 11.2 Å². The van der Waals surface area contributed by atoms with Gasteiger partial charge in [-0.05, 0) is 46.9 Å². The molecule has 0 heterocycles. The molecule has 3 aromatic carbocycles. The Morgan fingerprint density at radius 3 is 2.26 bits per heavy atom. The van der Waals surface area contributed by atoms with Gasteiger partial charge >= 0.3 is 12.1 Å². The van der Waals surface area contributed by atoms with Crippen LogP contribution in [0.3, 0.4) is 0 Å². The lowest BCUT2D eigenvalue weighted by atomic mass is 9.98. The number of hydrogen-bond acceptors (Lipinski definition) is 4. The Morgan fingerprint density at radius 2 is 1.66 bits per heavy atom. The quantitative estimate of drug-likeness (QED) is 0.441. The summed E-state index contributed by atoms with van der Waals surface area (Å²) in [5.74, 6) is 0.329. The number of carboxylic acids is 1. The van der Waals surface area contributed by atoms with Crippen LogP contribution in [-0.2, 0) is 9.53 Å². The number of fused-ring (bicyclic) bond motifs is 3. The minimum Gasteiger partial charge on any atom is -0.480 e. The van der Waals surface area contributed by atoms with Crippen molar-refractivity contribution in [2.24, 2.45) is 0 Å². The van der Waals surface area contributed by atoms with Crippen molar-refractivity contribution in [2.75, 3.05) is 11.9 Å². The molecule has 0 spiro atoms. The van der Waals surface area contributed by atoms with Crippen LogP contribution in [0.4, 0.5) is 10.5 Å². The van der Waals surface area contributed by atoms with Crippen molar-refractivity contribution in [1.82, 2.24) is 5.32 Å². The zero-order chi connectivity index (χ0) is 24.9. The molecule has 7 heteroatoms. The fraction of sp³-hybridized carbons (Fsp3) is 0.179. The van der Waals surface area contributed by atoms with Crippen LogP contribution in [0.2, 0.25) is 0 Å². The molecule has 1 aliphatic carbocycles. The molecule has 0 radical (unpaired) electrons. The van der Waals surface area contributed by atoms with Gasteiger partial charge in [-0.2, -0.15) is 0 Å². The molecule has 176 valence electrons. The third-order valence-corrected chi connectivity index (χ3v) is 6.01. The number of hydrogen-bond donors (Lipinski definition) is 3. The molecule has 0 aliphatic heterocycles. The Labute approximate surface area is 203 Å². The lowest BCUT2D eigenvalue weighted by Crippen LogP contribution is -2.40. The number of anilines is 1. The number of carbonyl (C=O) groups is 3. The summed E-state index contributed by atoms with van der Waals surface area (Å²) in [7, 11) is 0. The van der Waals surface area contributed by atoms with Gasteiger partial charge in [-0.3, -0.25) is 10.1 Å². The Bertz CT molecular complexity index is 1300. The van der Waals surface area contributed by atoms with E-state index in [-0.39, 0.29) is 24.5 Å². The molecule has 2 amide bonds. The zero-order valence-electron chi connectivity index (χ0n) is 19.1. The molecule has 0 bridgehead atoms. The number of terminal acetylenes is 1. The molecule has 35 heavy (non-hydrogen) atoms. The molecule has 4 rings (SSSR count). The van der Waals surface area contributed by atoms with Crippen molar-refractivity contribution in [2.45, 2.75) is 25.3 Å². The van der Waals surface area contributed by atoms with Crippen molar-refractivity contribution < 1.29 is 24.2 Å². The fourth-order valence-electron chi connectivity index (χ4n) is 4.20. The number of aryl methyl sites for hydroxylation is 1. The van der Waals surface area contributed by atoms with Crippen LogP contribution in [0.25, 0.3) is 11.1 Å². The van der Waals surface area contributed by atoms with Gasteiger partial charge in [0.15, 0.2) is 0 Å². The van der Waals surface area contributed by atoms with E-state index < -0.39 is 24.0 Å². The maximum Gasteiger partial charge on any atom is 0.411 e. The van der Waals surface area contributed by atoms with Crippen LogP contribution in [0.5, 0.6) is 0 Å². The summed E-state index contributed by atoms with van der Waals surface area (Å²) in [5, 5.41) is 14.3. The van der Waals surface area contributed by atoms with Crippen LogP contribution in [-0.4, -0.2) is 35.7 Å². The summed E-state index contributed by atoms with van der Waals surface area (Å²) in [5.41, 5.74) is 5.78. The van der Waals surface area contributed by atoms with Crippen LogP contribution in [0.1, 0.15) is 39.4 Å². The summed E-state index contributed by atoms with van der Waals surface area (Å²) < 4.78 is 5.58. The van der Waals surface area contributed by atoms with Crippen molar-refractivity contribution >= 4 is 23.7 Å². The minimum absolute atomic E-state index is 0.0736. The molecular formula is C28H24N2O5. The monoisotopic (exact) mass is 468 g/mol. The molecule has 1 unspecified atom stereocenters. The van der Waals surface area contributed by atoms with Gasteiger partial charge in [0.1, 0.15) is 12.6 Å². The van der Waals surface area contributed by atoms with Crippen LogP contribution in [0.15, 0.2) is 66.7 Å². The van der Waals surface area contributed by atoms with E-state index in [0.717, 1.165) is 22.3 Å². The lowest BCUT2D eigenvalue weighted by Gasteiger charge is -2.16. The smallest absolute Gasteiger partial charge is 0.411 e. The standard InChI is InChI=1S/C28H24N2O5/c1-3-8-24(27(32)33)29-26(31)18-14-13-17(2)25(15-18)30-28(34)35-16-23-21-11-6-4-9-19(21)20-10-5-7-12-22(20)23/h1,4-7,9-15,23-24H,8,16H2,2H3,(H,29,31)(H,30,34)(H,32,33). The van der Waals surface area contributed by atoms with E-state index in [0.29, 0.717) is 11.3 Å². The van der Waals surface area contributed by atoms with E-state index >= 15 is 0 Å². The van der Waals surface area contributed by atoms with Crippen LogP contribution >= 0.6 is 0 Å². The first-order valence-corrected chi connectivity index (χ1v) is 11.1. The fourth-order valence-corrected chi connectivity index (χ4v) is 4.20. The minimum atomic E-state index is -1.22. The molecule has 0 fully saturated rings. The summed E-state index contributed by atoms with van der Waals surface area (Å²) in [4.78, 5) is 36.4. The highest BCUT2D eigenvalue weighted by Crippen LogP contribution is 2.44. The van der Waals surface area contributed by atoms with Crippen LogP contribution in [0, 0.1) is 19.3 Å². The summed E-state index contributed by atoms with van der Waals surface area (Å²) in [6.07, 6.45) is 4.39. The Balaban J connectivity index is 1.44. The second-order valence-corrected chi connectivity index (χ2v) is 8.25. The van der Waals surface area contributed by atoms with Gasteiger partial charge in [0.05, 0.1) is 0 Å². The predicted octanol–water partition coefficient (Wildman–Crippen LogP) is 4.56. The number of rotatable bonds is 7. The summed E-state index contributed by atoms with van der Waals surface area (Å²) in [6, 6.07) is 19.6. The third-order valence-electron chi connectivity index (χ3n) is 6.01. The average Bonchev–Trinajstić information content (AvgIpc) is 3.17. The van der Waals surface area contributed by atoms with E-state index in [2.05, 4.69) is 28.7 Å². The van der Waals surface area contributed by atoms with Gasteiger partial charge in [-0.1, -0.05) is 54.6 Å². The second-order valence-electron chi connectivity index (χ2n) is 8.25. The van der Waals surface area contributed by atoms with Gasteiger partial charge < -0.3 is 15.2 Å². The maximum absolute atomic E-state index is 12.6. The topological polar surface area (TPSA) is 105 Å². The highest BCUT2D eigenvalue weighted by molar-refractivity contribution is 5.98. The molecule has 3 N–H and O–H groups in total. The number of nitrogens with one attached hydrogen (secondary N) is 2. The number of ether oxygens (including phenoxy) is 1. The number of benzene rings is 3. The highest BCUT2D eigenvalue weighted by Gasteiger charge is 2.29. The third kappa shape index (κ3) is 5.02. The molecule has 1 aliphatic rings. The van der Waals surface area contributed by atoms with Crippen molar-refractivity contribution in [3.05, 3.63) is 89.0 Å². The van der Waals surface area contributed by atoms with Gasteiger partial charge in [-0.25, -0.2) is 9.59 Å². The maximum atomic E-state index is 12.6. The van der Waals surface area contributed by atoms with Gasteiger partial charge in [0, 0.05) is 23.6 Å². The first kappa shape index (κ1) is 23.6. The SMILES string of the molecule is C#CCC(NC(=O)c1ccc(C)c(NC(=O)OCC2c3ccccc3-c3ccccc32)c1)C(=O)O. The average molecular weight is 469 g/mol. The number of carbonyl (C=O) groups excluding carboxylic acids is 2. The van der Waals surface area contributed by atoms with E-state index in [1.54, 1.807) is 19.1 Å². The summed E-state index contributed by atoms with van der Waals surface area (Å²) >= 11 is 0. The lowest BCUT2D eigenvalue weighted by molar-refractivity contribution is -0.139. The first-order valence-electron chi connectivity index (χ1n) is 11.1.